The first-order chi connectivity index (χ1) is 10.1. The first-order valence-electron chi connectivity index (χ1n) is 7.19. The predicted octanol–water partition coefficient (Wildman–Crippen LogP) is 3.94. The van der Waals surface area contributed by atoms with E-state index in [-0.39, 0.29) is 24.2 Å². The first kappa shape index (κ1) is 15.2. The Kier molecular flexibility index (Phi) is 5.09. The molecule has 1 unspecified atom stereocenters. The molecule has 0 saturated heterocycles. The van der Waals surface area contributed by atoms with E-state index in [1.807, 2.05) is 31.2 Å². The summed E-state index contributed by atoms with van der Waals surface area (Å²) in [5.41, 5.74) is 3.13. The van der Waals surface area contributed by atoms with Crippen molar-refractivity contribution in [3.8, 4) is 0 Å². The number of carbonyl (C=O) groups excluding carboxylic acids is 1. The van der Waals surface area contributed by atoms with Crippen LogP contribution in [0.5, 0.6) is 0 Å². The van der Waals surface area contributed by atoms with Crippen LogP contribution in [0.3, 0.4) is 0 Å². The molecule has 0 aliphatic carbocycles. The van der Waals surface area contributed by atoms with E-state index in [0.717, 1.165) is 17.5 Å². The molecule has 1 atom stereocenters. The molecule has 2 nitrogen and oxygen atoms in total. The van der Waals surface area contributed by atoms with Crippen molar-refractivity contribution in [3.05, 3.63) is 71.0 Å². The second kappa shape index (κ2) is 7.02. The van der Waals surface area contributed by atoms with E-state index in [1.165, 1.54) is 17.7 Å². The number of nitrogens with one attached hydrogen (secondary N) is 1. The number of hydrogen-bond donors (Lipinski definition) is 1. The Balaban J connectivity index is 2.03. The van der Waals surface area contributed by atoms with Gasteiger partial charge in [0, 0.05) is 0 Å². The van der Waals surface area contributed by atoms with Gasteiger partial charge in [-0.05, 0) is 42.2 Å². The third-order valence-corrected chi connectivity index (χ3v) is 3.59. The number of carbonyl (C=O) groups is 1. The van der Waals surface area contributed by atoms with Gasteiger partial charge in [-0.3, -0.25) is 4.79 Å². The Hall–Kier alpha value is -2.16. The van der Waals surface area contributed by atoms with Crippen molar-refractivity contribution in [2.24, 2.45) is 0 Å². The fourth-order valence-corrected chi connectivity index (χ4v) is 2.41. The van der Waals surface area contributed by atoms with Crippen molar-refractivity contribution >= 4 is 5.91 Å². The number of hydrogen-bond acceptors (Lipinski definition) is 1. The van der Waals surface area contributed by atoms with Crippen LogP contribution >= 0.6 is 0 Å². The molecule has 0 fully saturated rings. The molecule has 0 radical (unpaired) electrons. The average molecular weight is 285 g/mol. The zero-order valence-corrected chi connectivity index (χ0v) is 12.4. The number of amides is 1. The molecule has 1 amide bonds. The summed E-state index contributed by atoms with van der Waals surface area (Å²) in [7, 11) is 0. The standard InChI is InChI=1S/C18H20FNO/c1-3-17(16-7-5-4-6-13(16)2)20-18(21)12-14-8-10-15(19)11-9-14/h4-11,17H,3,12H2,1-2H3,(H,20,21). The molecule has 0 saturated carbocycles. The Bertz CT molecular complexity index is 607. The molecule has 0 bridgehead atoms. The maximum absolute atomic E-state index is 12.9. The smallest absolute Gasteiger partial charge is 0.224 e. The van der Waals surface area contributed by atoms with Gasteiger partial charge in [-0.1, -0.05) is 43.3 Å². The second-order valence-corrected chi connectivity index (χ2v) is 5.19. The highest BCUT2D eigenvalue weighted by molar-refractivity contribution is 5.79. The summed E-state index contributed by atoms with van der Waals surface area (Å²) in [6.07, 6.45) is 1.10. The van der Waals surface area contributed by atoms with Gasteiger partial charge in [-0.25, -0.2) is 4.39 Å². The Morgan fingerprint density at radius 3 is 2.43 bits per heavy atom. The quantitative estimate of drug-likeness (QED) is 0.885. The van der Waals surface area contributed by atoms with Crippen LogP contribution in [0.15, 0.2) is 48.5 Å². The van der Waals surface area contributed by atoms with Crippen LogP contribution < -0.4 is 5.32 Å². The molecule has 0 aliphatic rings. The zero-order valence-electron chi connectivity index (χ0n) is 12.4. The minimum Gasteiger partial charge on any atom is -0.349 e. The van der Waals surface area contributed by atoms with Gasteiger partial charge < -0.3 is 5.32 Å². The van der Waals surface area contributed by atoms with Crippen LogP contribution in [0.2, 0.25) is 0 Å². The third kappa shape index (κ3) is 4.15. The van der Waals surface area contributed by atoms with Crippen molar-refractivity contribution in [1.82, 2.24) is 5.32 Å². The lowest BCUT2D eigenvalue weighted by Crippen LogP contribution is -2.29. The van der Waals surface area contributed by atoms with Gasteiger partial charge in [0.2, 0.25) is 5.91 Å². The van der Waals surface area contributed by atoms with E-state index in [1.54, 1.807) is 12.1 Å². The maximum Gasteiger partial charge on any atom is 0.224 e. The van der Waals surface area contributed by atoms with Gasteiger partial charge in [0.15, 0.2) is 0 Å². The lowest BCUT2D eigenvalue weighted by molar-refractivity contribution is -0.121. The van der Waals surface area contributed by atoms with E-state index in [0.29, 0.717) is 0 Å². The molecule has 0 spiro atoms. The van der Waals surface area contributed by atoms with Crippen molar-refractivity contribution in [2.45, 2.75) is 32.7 Å². The SMILES string of the molecule is CCC(NC(=O)Cc1ccc(F)cc1)c1ccccc1C. The van der Waals surface area contributed by atoms with Gasteiger partial charge in [-0.15, -0.1) is 0 Å². The Morgan fingerprint density at radius 2 is 1.81 bits per heavy atom. The number of halogens is 1. The fraction of sp³-hybridized carbons (Fsp3) is 0.278. The topological polar surface area (TPSA) is 29.1 Å². The van der Waals surface area contributed by atoms with Crippen molar-refractivity contribution < 1.29 is 9.18 Å². The second-order valence-electron chi connectivity index (χ2n) is 5.19. The Morgan fingerprint density at radius 1 is 1.14 bits per heavy atom. The number of benzene rings is 2. The lowest BCUT2D eigenvalue weighted by atomic mass is 9.99. The molecule has 2 aromatic rings. The largest absolute Gasteiger partial charge is 0.349 e. The van der Waals surface area contributed by atoms with Crippen molar-refractivity contribution in [2.75, 3.05) is 0 Å². The van der Waals surface area contributed by atoms with Gasteiger partial charge >= 0.3 is 0 Å². The van der Waals surface area contributed by atoms with Crippen LogP contribution in [0, 0.1) is 12.7 Å². The number of aryl methyl sites for hydroxylation is 1. The van der Waals surface area contributed by atoms with Crippen LogP contribution in [-0.4, -0.2) is 5.91 Å². The summed E-state index contributed by atoms with van der Waals surface area (Å²) >= 11 is 0. The van der Waals surface area contributed by atoms with Gasteiger partial charge in [0.05, 0.1) is 12.5 Å². The molecular weight excluding hydrogens is 265 g/mol. The normalized spacial score (nSPS) is 12.0. The molecule has 21 heavy (non-hydrogen) atoms. The van der Waals surface area contributed by atoms with E-state index in [4.69, 9.17) is 0 Å². The molecular formula is C18H20FNO. The van der Waals surface area contributed by atoms with Crippen molar-refractivity contribution in [1.29, 1.82) is 0 Å². The fourth-order valence-electron chi connectivity index (χ4n) is 2.41. The van der Waals surface area contributed by atoms with Gasteiger partial charge in [0.25, 0.3) is 0 Å². The van der Waals surface area contributed by atoms with Gasteiger partial charge in [0.1, 0.15) is 5.82 Å². The first-order valence-corrected chi connectivity index (χ1v) is 7.19. The summed E-state index contributed by atoms with van der Waals surface area (Å²) in [6.45, 7) is 4.10. The van der Waals surface area contributed by atoms with Crippen molar-refractivity contribution in [3.63, 3.8) is 0 Å². The molecule has 110 valence electrons. The van der Waals surface area contributed by atoms with E-state index in [9.17, 15) is 9.18 Å². The minimum absolute atomic E-state index is 0.0131. The predicted molar refractivity (Wildman–Crippen MR) is 82.5 cm³/mol. The molecule has 0 heterocycles. The molecule has 0 aromatic heterocycles. The average Bonchev–Trinajstić information content (AvgIpc) is 2.48. The summed E-state index contributed by atoms with van der Waals surface area (Å²) < 4.78 is 12.9. The zero-order chi connectivity index (χ0) is 15.2. The van der Waals surface area contributed by atoms with Crippen LogP contribution in [0.1, 0.15) is 36.1 Å². The van der Waals surface area contributed by atoms with E-state index < -0.39 is 0 Å². The van der Waals surface area contributed by atoms with E-state index >= 15 is 0 Å². The molecule has 2 rings (SSSR count). The highest BCUT2D eigenvalue weighted by Gasteiger charge is 2.14. The monoisotopic (exact) mass is 285 g/mol. The molecule has 2 aromatic carbocycles. The molecule has 1 N–H and O–H groups in total. The summed E-state index contributed by atoms with van der Waals surface area (Å²) in [5.74, 6) is -0.331. The molecule has 3 heteroatoms. The highest BCUT2D eigenvalue weighted by atomic mass is 19.1. The number of rotatable bonds is 5. The van der Waals surface area contributed by atoms with E-state index in [2.05, 4.69) is 12.2 Å². The van der Waals surface area contributed by atoms with Crippen LogP contribution in [-0.2, 0) is 11.2 Å². The van der Waals surface area contributed by atoms with Crippen LogP contribution in [0.25, 0.3) is 0 Å². The summed E-state index contributed by atoms with van der Waals surface area (Å²) in [6, 6.07) is 14.1. The Labute approximate surface area is 125 Å². The van der Waals surface area contributed by atoms with Gasteiger partial charge in [-0.2, -0.15) is 0 Å². The minimum atomic E-state index is -0.287. The highest BCUT2D eigenvalue weighted by Crippen LogP contribution is 2.20. The van der Waals surface area contributed by atoms with Crippen LogP contribution in [0.4, 0.5) is 4.39 Å². The third-order valence-electron chi connectivity index (χ3n) is 3.59. The summed E-state index contributed by atoms with van der Waals surface area (Å²) in [5, 5.41) is 3.05. The lowest BCUT2D eigenvalue weighted by Gasteiger charge is -2.19. The molecule has 0 aliphatic heterocycles. The maximum atomic E-state index is 12.9. The summed E-state index contributed by atoms with van der Waals surface area (Å²) in [4.78, 5) is 12.1.